The van der Waals surface area contributed by atoms with Crippen molar-refractivity contribution < 1.29 is 42.3 Å². The molecule has 2 aliphatic rings. The number of nitrogens with zero attached hydrogens (tertiary/aromatic N) is 1. The van der Waals surface area contributed by atoms with Crippen LogP contribution in [-0.4, -0.2) is 35.8 Å². The summed E-state index contributed by atoms with van der Waals surface area (Å²) in [6.45, 7) is 0. The first kappa shape index (κ1) is 21.7. The van der Waals surface area contributed by atoms with Crippen LogP contribution in [0.3, 0.4) is 0 Å². The van der Waals surface area contributed by atoms with Gasteiger partial charge in [-0.1, -0.05) is 24.3 Å². The highest BCUT2D eigenvalue weighted by molar-refractivity contribution is 5.36. The van der Waals surface area contributed by atoms with E-state index in [9.17, 15) is 13.9 Å². The van der Waals surface area contributed by atoms with E-state index in [1.54, 1.807) is 24.3 Å². The lowest BCUT2D eigenvalue weighted by atomic mass is 9.75. The summed E-state index contributed by atoms with van der Waals surface area (Å²) in [6, 6.07) is 13.4. The third-order valence-corrected chi connectivity index (χ3v) is 7.11. The van der Waals surface area contributed by atoms with Gasteiger partial charge in [0.25, 0.3) is 0 Å². The first-order valence-corrected chi connectivity index (χ1v) is 9.87. The highest BCUT2D eigenvalue weighted by atomic mass is 127. The Morgan fingerprint density at radius 3 is 1.82 bits per heavy atom. The largest absolute Gasteiger partial charge is 1.00 e. The Bertz CT molecular complexity index is 779. The van der Waals surface area contributed by atoms with Crippen LogP contribution in [0.15, 0.2) is 48.5 Å². The molecule has 2 atom stereocenters. The van der Waals surface area contributed by atoms with E-state index in [1.165, 1.54) is 37.1 Å². The Balaban J connectivity index is 0.00000225. The van der Waals surface area contributed by atoms with Crippen molar-refractivity contribution in [3.8, 4) is 0 Å². The first-order chi connectivity index (χ1) is 12.8. The number of benzene rings is 2. The van der Waals surface area contributed by atoms with E-state index in [-0.39, 0.29) is 35.6 Å². The molecule has 0 saturated carbocycles. The lowest BCUT2D eigenvalue weighted by Gasteiger charge is -2.46. The Morgan fingerprint density at radius 2 is 1.39 bits per heavy atom. The predicted octanol–water partition coefficient (Wildman–Crippen LogP) is 1.61. The van der Waals surface area contributed by atoms with Gasteiger partial charge in [0.2, 0.25) is 0 Å². The molecule has 2 aromatic carbocycles. The molecule has 1 N–H and O–H groups in total. The van der Waals surface area contributed by atoms with Gasteiger partial charge in [0.15, 0.2) is 0 Å². The van der Waals surface area contributed by atoms with E-state index < -0.39 is 5.60 Å². The molecular weight excluding hydrogens is 471 g/mol. The van der Waals surface area contributed by atoms with E-state index in [0.29, 0.717) is 35.5 Å². The molecule has 2 bridgehead atoms. The van der Waals surface area contributed by atoms with Crippen molar-refractivity contribution in [1.29, 1.82) is 0 Å². The zero-order valence-corrected chi connectivity index (χ0v) is 18.6. The summed E-state index contributed by atoms with van der Waals surface area (Å²) < 4.78 is 28.9. The molecule has 2 saturated heterocycles. The SMILES string of the molecule is C[N+]1(C)C2CCC1CC(CC(O)(c1cccc(F)c1)c1cccc(F)c1)C2.[I-]. The maximum atomic E-state index is 13.9. The minimum Gasteiger partial charge on any atom is -1.00 e. The number of halogens is 3. The van der Waals surface area contributed by atoms with Crippen LogP contribution in [0.4, 0.5) is 8.78 Å². The molecule has 28 heavy (non-hydrogen) atoms. The number of fused-ring (bicyclic) bond motifs is 2. The summed E-state index contributed by atoms with van der Waals surface area (Å²) in [7, 11) is 4.62. The quantitative estimate of drug-likeness (QED) is 0.501. The molecule has 5 heteroatoms. The van der Waals surface area contributed by atoms with E-state index in [4.69, 9.17) is 0 Å². The van der Waals surface area contributed by atoms with E-state index in [2.05, 4.69) is 14.1 Å². The number of hydrogen-bond donors (Lipinski definition) is 1. The molecule has 2 heterocycles. The second-order valence-electron chi connectivity index (χ2n) is 8.94. The zero-order valence-electron chi connectivity index (χ0n) is 16.4. The fraction of sp³-hybridized carbons (Fsp3) is 0.478. The van der Waals surface area contributed by atoms with Crippen LogP contribution in [0, 0.1) is 17.6 Å². The molecule has 4 rings (SSSR count). The van der Waals surface area contributed by atoms with Crippen LogP contribution in [-0.2, 0) is 5.60 Å². The summed E-state index contributed by atoms with van der Waals surface area (Å²) in [6.07, 6.45) is 5.05. The van der Waals surface area contributed by atoms with E-state index >= 15 is 0 Å². The monoisotopic (exact) mass is 499 g/mol. The zero-order chi connectivity index (χ0) is 19.2. The van der Waals surface area contributed by atoms with Crippen molar-refractivity contribution in [2.24, 2.45) is 5.92 Å². The van der Waals surface area contributed by atoms with Crippen LogP contribution in [0.5, 0.6) is 0 Å². The summed E-state index contributed by atoms with van der Waals surface area (Å²) in [5.41, 5.74) is -0.387. The summed E-state index contributed by atoms with van der Waals surface area (Å²) in [5.74, 6) is -0.433. The minimum atomic E-state index is -1.39. The second kappa shape index (κ2) is 8.00. The Morgan fingerprint density at radius 1 is 0.929 bits per heavy atom. The van der Waals surface area contributed by atoms with Crippen molar-refractivity contribution in [1.82, 2.24) is 0 Å². The summed E-state index contributed by atoms with van der Waals surface area (Å²) >= 11 is 0. The van der Waals surface area contributed by atoms with E-state index in [0.717, 1.165) is 17.3 Å². The topological polar surface area (TPSA) is 20.2 Å². The van der Waals surface area contributed by atoms with Crippen LogP contribution >= 0.6 is 0 Å². The number of quaternary nitrogens is 1. The maximum absolute atomic E-state index is 13.9. The van der Waals surface area contributed by atoms with Gasteiger partial charge in [-0.25, -0.2) is 8.78 Å². The van der Waals surface area contributed by atoms with Crippen molar-refractivity contribution >= 4 is 0 Å². The lowest BCUT2D eigenvalue weighted by Crippen LogP contribution is -3.00. The van der Waals surface area contributed by atoms with Crippen LogP contribution in [0.25, 0.3) is 0 Å². The van der Waals surface area contributed by atoms with Gasteiger partial charge in [-0.15, -0.1) is 0 Å². The average molecular weight is 499 g/mol. The first-order valence-electron chi connectivity index (χ1n) is 9.87. The number of piperidine rings is 1. The number of rotatable bonds is 4. The molecule has 2 fully saturated rings. The fourth-order valence-electron chi connectivity index (χ4n) is 5.47. The number of hydrogen-bond acceptors (Lipinski definition) is 1. The third kappa shape index (κ3) is 3.85. The van der Waals surface area contributed by atoms with Gasteiger partial charge in [0, 0.05) is 25.7 Å². The van der Waals surface area contributed by atoms with Crippen LogP contribution < -0.4 is 24.0 Å². The van der Waals surface area contributed by atoms with Gasteiger partial charge in [-0.3, -0.25) is 0 Å². The molecular formula is C23H28F2INO. The third-order valence-electron chi connectivity index (χ3n) is 7.11. The van der Waals surface area contributed by atoms with Crippen LogP contribution in [0.1, 0.15) is 43.2 Å². The normalized spacial score (nSPS) is 26.0. The molecule has 0 aliphatic carbocycles. The Kier molecular flexibility index (Phi) is 6.18. The van der Waals surface area contributed by atoms with Crippen molar-refractivity contribution in [2.75, 3.05) is 14.1 Å². The predicted molar refractivity (Wildman–Crippen MR) is 102 cm³/mol. The minimum absolute atomic E-state index is 0. The smallest absolute Gasteiger partial charge is 0.123 e. The van der Waals surface area contributed by atoms with Gasteiger partial charge < -0.3 is 33.6 Å². The second-order valence-corrected chi connectivity index (χ2v) is 8.94. The summed E-state index contributed by atoms with van der Waals surface area (Å²) in [5, 5.41) is 11.7. The van der Waals surface area contributed by atoms with Gasteiger partial charge in [0.1, 0.15) is 17.2 Å². The highest BCUT2D eigenvalue weighted by Gasteiger charge is 2.50. The van der Waals surface area contributed by atoms with Gasteiger partial charge >= 0.3 is 0 Å². The molecule has 2 aliphatic heterocycles. The van der Waals surface area contributed by atoms with E-state index in [1.807, 2.05) is 0 Å². The van der Waals surface area contributed by atoms with Crippen molar-refractivity contribution in [3.63, 3.8) is 0 Å². The molecule has 152 valence electrons. The van der Waals surface area contributed by atoms with Gasteiger partial charge in [-0.05, 0) is 47.7 Å². The highest BCUT2D eigenvalue weighted by Crippen LogP contribution is 2.47. The van der Waals surface area contributed by atoms with Gasteiger partial charge in [0.05, 0.1) is 26.2 Å². The summed E-state index contributed by atoms with van der Waals surface area (Å²) in [4.78, 5) is 0. The Labute approximate surface area is 183 Å². The number of aliphatic hydroxyl groups is 1. The molecule has 2 nitrogen and oxygen atoms in total. The molecule has 0 amide bonds. The lowest BCUT2D eigenvalue weighted by molar-refractivity contribution is -0.931. The van der Waals surface area contributed by atoms with Crippen molar-refractivity contribution in [2.45, 2.75) is 49.8 Å². The maximum Gasteiger partial charge on any atom is 0.123 e. The van der Waals surface area contributed by atoms with Crippen molar-refractivity contribution in [3.05, 3.63) is 71.3 Å². The molecule has 0 aromatic heterocycles. The molecule has 0 spiro atoms. The molecule has 2 unspecified atom stereocenters. The fourth-order valence-corrected chi connectivity index (χ4v) is 5.47. The average Bonchev–Trinajstić information content (AvgIpc) is 2.79. The van der Waals surface area contributed by atoms with Gasteiger partial charge in [-0.2, -0.15) is 0 Å². The van der Waals surface area contributed by atoms with Crippen LogP contribution in [0.2, 0.25) is 0 Å². The molecule has 0 radical (unpaired) electrons. The molecule has 2 aromatic rings. The Hall–Kier alpha value is -1.05. The standard InChI is InChI=1S/C23H28F2NO.HI/c1-26(2)21-9-10-22(26)12-16(11-21)15-23(27,17-5-3-7-19(24)13-17)18-6-4-8-20(25)14-18;/h3-8,13-14,16,21-22,27H,9-12,15H2,1-2H3;1H/q+1;/p-1.